The maximum absolute atomic E-state index is 12.6. The van der Waals surface area contributed by atoms with Crippen LogP contribution in [0.5, 0.6) is 0 Å². The van der Waals surface area contributed by atoms with Gasteiger partial charge in [0, 0.05) is 35.5 Å². The van der Waals surface area contributed by atoms with Crippen LogP contribution in [0.15, 0.2) is 42.0 Å². The van der Waals surface area contributed by atoms with Gasteiger partial charge in [-0.25, -0.2) is 9.59 Å². The molecular formula is C38H56N2O4. The van der Waals surface area contributed by atoms with Crippen LogP contribution in [0.1, 0.15) is 111 Å². The predicted molar refractivity (Wildman–Crippen MR) is 177 cm³/mol. The summed E-state index contributed by atoms with van der Waals surface area (Å²) in [5.74, 6) is 3.75. The van der Waals surface area contributed by atoms with Gasteiger partial charge in [-0.1, -0.05) is 71.6 Å². The number of anilines is 2. The number of esters is 2. The topological polar surface area (TPSA) is 105 Å². The molecule has 8 unspecified atom stereocenters. The first kappa shape index (κ1) is 32.6. The van der Waals surface area contributed by atoms with Gasteiger partial charge >= 0.3 is 11.9 Å². The van der Waals surface area contributed by atoms with Crippen molar-refractivity contribution >= 4 is 23.3 Å². The number of benzene rings is 1. The van der Waals surface area contributed by atoms with E-state index in [0.717, 1.165) is 60.8 Å². The van der Waals surface area contributed by atoms with E-state index in [1.165, 1.54) is 63.0 Å². The molecule has 4 aliphatic carbocycles. The zero-order chi connectivity index (χ0) is 31.6. The van der Waals surface area contributed by atoms with Gasteiger partial charge in [-0.05, 0) is 103 Å². The average molecular weight is 605 g/mol. The molecule has 0 spiro atoms. The van der Waals surface area contributed by atoms with E-state index in [4.69, 9.17) is 20.9 Å². The predicted octanol–water partition coefficient (Wildman–Crippen LogP) is 8.40. The van der Waals surface area contributed by atoms with Crippen LogP contribution in [0, 0.1) is 46.3 Å². The SMILES string of the molecule is CC(C)CCCC(C)C1CCC2C3CC=C4CC(OC(=O)C=CC(=O)OCc5ccc(N)cc5N)CCC4(C)C3CCC12C. The van der Waals surface area contributed by atoms with Crippen LogP contribution >= 0.6 is 0 Å². The Morgan fingerprint density at radius 1 is 0.977 bits per heavy atom. The van der Waals surface area contributed by atoms with Gasteiger partial charge in [0.2, 0.25) is 0 Å². The number of nitrogens with two attached hydrogens (primary N) is 2. The Balaban J connectivity index is 1.14. The van der Waals surface area contributed by atoms with Crippen molar-refractivity contribution in [3.63, 3.8) is 0 Å². The molecule has 0 aliphatic heterocycles. The third-order valence-electron chi connectivity index (χ3n) is 12.4. The van der Waals surface area contributed by atoms with Crippen LogP contribution in [0.2, 0.25) is 0 Å². The Bertz CT molecular complexity index is 1270. The smallest absolute Gasteiger partial charge is 0.331 e. The van der Waals surface area contributed by atoms with E-state index in [-0.39, 0.29) is 18.1 Å². The van der Waals surface area contributed by atoms with Crippen molar-refractivity contribution in [2.75, 3.05) is 11.5 Å². The highest BCUT2D eigenvalue weighted by molar-refractivity contribution is 5.91. The number of hydrogen-bond donors (Lipinski definition) is 2. The van der Waals surface area contributed by atoms with Gasteiger partial charge in [0.15, 0.2) is 0 Å². The first-order chi connectivity index (χ1) is 20.9. The molecule has 0 bridgehead atoms. The number of hydrogen-bond acceptors (Lipinski definition) is 6. The molecule has 0 aromatic heterocycles. The lowest BCUT2D eigenvalue weighted by molar-refractivity contribution is -0.146. The molecule has 5 rings (SSSR count). The van der Waals surface area contributed by atoms with Gasteiger partial charge in [-0.15, -0.1) is 0 Å². The molecule has 0 saturated heterocycles. The fourth-order valence-corrected chi connectivity index (χ4v) is 10.0. The van der Waals surface area contributed by atoms with Crippen molar-refractivity contribution in [1.82, 2.24) is 0 Å². The normalized spacial score (nSPS) is 33.7. The Morgan fingerprint density at radius 2 is 1.75 bits per heavy atom. The van der Waals surface area contributed by atoms with E-state index in [0.29, 0.717) is 22.4 Å². The summed E-state index contributed by atoms with van der Waals surface area (Å²) in [6, 6.07) is 5.05. The van der Waals surface area contributed by atoms with Crippen LogP contribution in [0.25, 0.3) is 0 Å². The summed E-state index contributed by atoms with van der Waals surface area (Å²) in [6.07, 6.45) is 18.2. The van der Waals surface area contributed by atoms with Gasteiger partial charge in [0.05, 0.1) is 0 Å². The highest BCUT2D eigenvalue weighted by Crippen LogP contribution is 2.67. The van der Waals surface area contributed by atoms with E-state index < -0.39 is 11.9 Å². The molecule has 3 saturated carbocycles. The standard InChI is InChI=1S/C38H56N2O4/c1-24(2)7-6-8-25(3)31-13-14-32-30-12-10-27-21-29(17-19-37(27,4)33(30)18-20-38(31,32)5)44-36(42)16-15-35(41)43-23-26-9-11-28(39)22-34(26)40/h9-11,15-16,22,24-25,29-33H,6-8,12-14,17-21,23,39-40H2,1-5H3. The second-order valence-corrected chi connectivity index (χ2v) is 15.5. The van der Waals surface area contributed by atoms with Crippen LogP contribution in [-0.4, -0.2) is 18.0 Å². The lowest BCUT2D eigenvalue weighted by Crippen LogP contribution is -2.51. The number of ether oxygens (including phenoxy) is 2. The lowest BCUT2D eigenvalue weighted by atomic mass is 9.47. The quantitative estimate of drug-likeness (QED) is 0.120. The first-order valence-corrected chi connectivity index (χ1v) is 17.3. The van der Waals surface area contributed by atoms with Crippen LogP contribution in [-0.2, 0) is 25.7 Å². The molecule has 3 fully saturated rings. The first-order valence-electron chi connectivity index (χ1n) is 17.3. The molecule has 4 N–H and O–H groups in total. The van der Waals surface area contributed by atoms with Crippen LogP contribution in [0.4, 0.5) is 11.4 Å². The monoisotopic (exact) mass is 604 g/mol. The maximum Gasteiger partial charge on any atom is 0.331 e. The number of fused-ring (bicyclic) bond motifs is 5. The number of carbonyl (C=O) groups is 2. The summed E-state index contributed by atoms with van der Waals surface area (Å²) in [5, 5.41) is 0. The molecular weight excluding hydrogens is 548 g/mol. The van der Waals surface area contributed by atoms with Gasteiger partial charge in [-0.2, -0.15) is 0 Å². The molecule has 0 radical (unpaired) electrons. The Labute approximate surface area is 265 Å². The lowest BCUT2D eigenvalue weighted by Gasteiger charge is -2.58. The fourth-order valence-electron chi connectivity index (χ4n) is 10.0. The van der Waals surface area contributed by atoms with Crippen molar-refractivity contribution in [2.45, 2.75) is 118 Å². The summed E-state index contributed by atoms with van der Waals surface area (Å²) in [4.78, 5) is 24.8. The summed E-state index contributed by atoms with van der Waals surface area (Å²) >= 11 is 0. The number of rotatable bonds is 10. The molecule has 6 heteroatoms. The molecule has 44 heavy (non-hydrogen) atoms. The van der Waals surface area contributed by atoms with Crippen molar-refractivity contribution in [3.8, 4) is 0 Å². The highest BCUT2D eigenvalue weighted by Gasteiger charge is 2.59. The van der Waals surface area contributed by atoms with E-state index in [2.05, 4.69) is 40.7 Å². The minimum Gasteiger partial charge on any atom is -0.459 e. The van der Waals surface area contributed by atoms with Crippen molar-refractivity contribution in [1.29, 1.82) is 0 Å². The fraction of sp³-hybridized carbons (Fsp3) is 0.684. The van der Waals surface area contributed by atoms with Crippen LogP contribution in [0.3, 0.4) is 0 Å². The second kappa shape index (κ2) is 13.3. The van der Waals surface area contributed by atoms with E-state index in [9.17, 15) is 9.59 Å². The summed E-state index contributed by atoms with van der Waals surface area (Å²) in [7, 11) is 0. The Kier molecular flexibility index (Phi) is 9.87. The summed E-state index contributed by atoms with van der Waals surface area (Å²) < 4.78 is 11.1. The molecule has 0 heterocycles. The van der Waals surface area contributed by atoms with Crippen molar-refractivity contribution in [2.24, 2.45) is 46.3 Å². The Morgan fingerprint density at radius 3 is 2.50 bits per heavy atom. The zero-order valence-corrected chi connectivity index (χ0v) is 27.8. The molecule has 1 aromatic rings. The van der Waals surface area contributed by atoms with Gasteiger partial charge < -0.3 is 20.9 Å². The highest BCUT2D eigenvalue weighted by atomic mass is 16.5. The maximum atomic E-state index is 12.6. The second-order valence-electron chi connectivity index (χ2n) is 15.5. The zero-order valence-electron chi connectivity index (χ0n) is 27.8. The Hall–Kier alpha value is -2.76. The summed E-state index contributed by atoms with van der Waals surface area (Å²) in [6.45, 7) is 12.4. The number of allylic oxidation sites excluding steroid dienone is 1. The summed E-state index contributed by atoms with van der Waals surface area (Å²) in [5.41, 5.74) is 15.5. The van der Waals surface area contributed by atoms with Gasteiger partial charge in [-0.3, -0.25) is 0 Å². The number of carbonyl (C=O) groups excluding carboxylic acids is 2. The molecule has 8 atom stereocenters. The largest absolute Gasteiger partial charge is 0.459 e. The third kappa shape index (κ3) is 6.74. The minimum atomic E-state index is -0.612. The van der Waals surface area contributed by atoms with Crippen molar-refractivity contribution in [3.05, 3.63) is 47.6 Å². The third-order valence-corrected chi connectivity index (χ3v) is 12.4. The van der Waals surface area contributed by atoms with Crippen LogP contribution < -0.4 is 11.5 Å². The van der Waals surface area contributed by atoms with E-state index >= 15 is 0 Å². The molecule has 0 amide bonds. The average Bonchev–Trinajstić information content (AvgIpc) is 3.33. The molecule has 1 aromatic carbocycles. The van der Waals surface area contributed by atoms with Gasteiger partial charge in [0.1, 0.15) is 12.7 Å². The van der Waals surface area contributed by atoms with E-state index in [1.54, 1.807) is 18.2 Å². The molecule has 4 aliphatic rings. The van der Waals surface area contributed by atoms with Crippen molar-refractivity contribution < 1.29 is 19.1 Å². The minimum absolute atomic E-state index is 0.0137. The van der Waals surface area contributed by atoms with Gasteiger partial charge in [0.25, 0.3) is 0 Å². The van der Waals surface area contributed by atoms with E-state index in [1.807, 2.05) is 0 Å². The molecule has 6 nitrogen and oxygen atoms in total. The molecule has 242 valence electrons. The number of nitrogen functional groups attached to an aromatic ring is 2.